The Morgan fingerprint density at radius 1 is 1.52 bits per heavy atom. The maximum absolute atomic E-state index is 12.8. The van der Waals surface area contributed by atoms with Gasteiger partial charge < -0.3 is 10.2 Å². The molecule has 0 bridgehead atoms. The Morgan fingerprint density at radius 2 is 2.29 bits per heavy atom. The van der Waals surface area contributed by atoms with E-state index in [0.717, 1.165) is 18.1 Å². The highest BCUT2D eigenvalue weighted by molar-refractivity contribution is 6.34. The van der Waals surface area contributed by atoms with Gasteiger partial charge in [0.1, 0.15) is 11.0 Å². The van der Waals surface area contributed by atoms with Crippen molar-refractivity contribution >= 4 is 29.0 Å². The fourth-order valence-electron chi connectivity index (χ4n) is 1.95. The predicted molar refractivity (Wildman–Crippen MR) is 76.2 cm³/mol. The van der Waals surface area contributed by atoms with Crippen LogP contribution in [0.2, 0.25) is 5.15 Å². The Kier molecular flexibility index (Phi) is 5.00. The highest BCUT2D eigenvalue weighted by atomic mass is 35.5. The number of nitrogens with zero attached hydrogens (tertiary/aromatic N) is 2. The van der Waals surface area contributed by atoms with Gasteiger partial charge in [-0.05, 0) is 29.7 Å². The van der Waals surface area contributed by atoms with Crippen LogP contribution in [0.15, 0.2) is 30.2 Å². The second-order valence-electron chi connectivity index (χ2n) is 4.58. The molecular formula is C13H13Cl2F2N3O. The third kappa shape index (κ3) is 4.54. The van der Waals surface area contributed by atoms with Gasteiger partial charge in [0.15, 0.2) is 0 Å². The van der Waals surface area contributed by atoms with E-state index >= 15 is 0 Å². The van der Waals surface area contributed by atoms with Gasteiger partial charge in [0.25, 0.3) is 0 Å². The molecule has 2 rings (SSSR count). The highest BCUT2D eigenvalue weighted by Crippen LogP contribution is 2.22. The van der Waals surface area contributed by atoms with Crippen LogP contribution in [0.1, 0.15) is 12.0 Å². The molecule has 1 aromatic heterocycles. The molecule has 2 heterocycles. The summed E-state index contributed by atoms with van der Waals surface area (Å²) in [5.41, 5.74) is 0.860. The number of ketones is 1. The zero-order valence-electron chi connectivity index (χ0n) is 11.0. The summed E-state index contributed by atoms with van der Waals surface area (Å²) in [6, 6.07) is 3.44. The van der Waals surface area contributed by atoms with Crippen molar-refractivity contribution in [2.75, 3.05) is 13.1 Å². The number of rotatable bonds is 4. The quantitative estimate of drug-likeness (QED) is 0.522. The minimum Gasteiger partial charge on any atom is -0.372 e. The number of carbonyl (C=O) groups is 1. The number of pyridine rings is 1. The summed E-state index contributed by atoms with van der Waals surface area (Å²) >= 11 is 10.4. The molecule has 0 radical (unpaired) electrons. The number of halogens is 4. The lowest BCUT2D eigenvalue weighted by Gasteiger charge is -2.32. The van der Waals surface area contributed by atoms with E-state index in [1.54, 1.807) is 23.2 Å². The van der Waals surface area contributed by atoms with Crippen LogP contribution in [-0.4, -0.2) is 34.1 Å². The molecule has 8 heteroatoms. The minimum absolute atomic E-state index is 0.335. The van der Waals surface area contributed by atoms with Gasteiger partial charge in [-0.2, -0.15) is 8.78 Å². The van der Waals surface area contributed by atoms with Gasteiger partial charge in [-0.25, -0.2) is 4.98 Å². The molecule has 0 aliphatic carbocycles. The molecule has 1 saturated heterocycles. The average molecular weight is 336 g/mol. The number of carbonyl (C=O) groups excluding carboxylic acids is 1. The first-order valence-corrected chi connectivity index (χ1v) is 7.04. The monoisotopic (exact) mass is 335 g/mol. The van der Waals surface area contributed by atoms with E-state index in [9.17, 15) is 13.6 Å². The van der Waals surface area contributed by atoms with Gasteiger partial charge in [-0.3, -0.25) is 4.79 Å². The summed E-state index contributed by atoms with van der Waals surface area (Å²) in [6.07, 6.45) is 3.28. The molecule has 0 unspecified atom stereocenters. The van der Waals surface area contributed by atoms with Crippen LogP contribution < -0.4 is 5.32 Å². The van der Waals surface area contributed by atoms with E-state index in [1.165, 1.54) is 0 Å². The fraction of sp³-hybridized carbons (Fsp3) is 0.385. The summed E-state index contributed by atoms with van der Waals surface area (Å²) in [4.78, 5) is 17.1. The largest absolute Gasteiger partial charge is 0.384 e. The van der Waals surface area contributed by atoms with Crippen molar-refractivity contribution in [2.45, 2.75) is 18.3 Å². The van der Waals surface area contributed by atoms with Gasteiger partial charge >= 0.3 is 5.38 Å². The number of hydrogen-bond donors (Lipinski definition) is 1. The lowest BCUT2D eigenvalue weighted by atomic mass is 10.2. The molecule has 0 spiro atoms. The summed E-state index contributed by atoms with van der Waals surface area (Å²) in [5.74, 6) is -1.10. The lowest BCUT2D eigenvalue weighted by Crippen LogP contribution is -2.40. The summed E-state index contributed by atoms with van der Waals surface area (Å²) < 4.78 is 25.5. The molecule has 1 aliphatic heterocycles. The molecule has 0 amide bonds. The molecule has 0 aromatic carbocycles. The van der Waals surface area contributed by atoms with Crippen molar-refractivity contribution in [3.63, 3.8) is 0 Å². The maximum Gasteiger partial charge on any atom is 0.384 e. The number of alkyl halides is 3. The van der Waals surface area contributed by atoms with Gasteiger partial charge in [0.05, 0.1) is 0 Å². The molecule has 21 heavy (non-hydrogen) atoms. The first kappa shape index (κ1) is 16.0. The normalized spacial score (nSPS) is 17.7. The Bertz CT molecular complexity index is 543. The van der Waals surface area contributed by atoms with Crippen LogP contribution in [-0.2, 0) is 11.3 Å². The van der Waals surface area contributed by atoms with E-state index in [-0.39, 0.29) is 0 Å². The second-order valence-corrected chi connectivity index (χ2v) is 5.44. The molecule has 0 atom stereocenters. The number of nitrogens with one attached hydrogen (secondary N) is 1. The van der Waals surface area contributed by atoms with E-state index in [2.05, 4.69) is 10.3 Å². The SMILES string of the molecule is O=C(C=C1NCCCN1Cc1ccc(Cl)nc1)C(F)(F)Cl. The number of aromatic nitrogens is 1. The Balaban J connectivity index is 2.14. The minimum atomic E-state index is -3.89. The van der Waals surface area contributed by atoms with Gasteiger partial charge in [-0.15, -0.1) is 0 Å². The van der Waals surface area contributed by atoms with Gasteiger partial charge in [-0.1, -0.05) is 17.7 Å². The van der Waals surface area contributed by atoms with Gasteiger partial charge in [0.2, 0.25) is 5.78 Å². The fourth-order valence-corrected chi connectivity index (χ4v) is 2.12. The molecule has 114 valence electrons. The number of allylic oxidation sites excluding steroid dienone is 1. The zero-order chi connectivity index (χ0) is 15.5. The van der Waals surface area contributed by atoms with Crippen LogP contribution in [0.3, 0.4) is 0 Å². The third-order valence-electron chi connectivity index (χ3n) is 2.96. The standard InChI is InChI=1S/C13H13Cl2F2N3O/c14-11-3-2-9(7-19-11)8-20-5-1-4-18-12(20)6-10(21)13(15,16)17/h2-3,6-7,18H,1,4-5,8H2. The van der Waals surface area contributed by atoms with Crippen LogP contribution >= 0.6 is 23.2 Å². The van der Waals surface area contributed by atoms with Gasteiger partial charge in [0, 0.05) is 31.9 Å². The molecule has 1 N–H and O–H groups in total. The zero-order valence-corrected chi connectivity index (χ0v) is 12.5. The van der Waals surface area contributed by atoms with Crippen molar-refractivity contribution in [3.8, 4) is 0 Å². The van der Waals surface area contributed by atoms with Crippen LogP contribution in [0.4, 0.5) is 8.78 Å². The molecule has 1 aromatic rings. The van der Waals surface area contributed by atoms with Crippen molar-refractivity contribution in [2.24, 2.45) is 0 Å². The molecule has 1 fully saturated rings. The van der Waals surface area contributed by atoms with E-state index in [4.69, 9.17) is 23.2 Å². The Hall–Kier alpha value is -1.40. The van der Waals surface area contributed by atoms with Crippen molar-refractivity contribution < 1.29 is 13.6 Å². The Morgan fingerprint density at radius 3 is 2.90 bits per heavy atom. The summed E-state index contributed by atoms with van der Waals surface area (Å²) in [5, 5.41) is -0.580. The smallest absolute Gasteiger partial charge is 0.372 e. The summed E-state index contributed by atoms with van der Waals surface area (Å²) in [7, 11) is 0. The van der Waals surface area contributed by atoms with Crippen molar-refractivity contribution in [1.29, 1.82) is 0 Å². The predicted octanol–water partition coefficient (Wildman–Crippen LogP) is 2.77. The lowest BCUT2D eigenvalue weighted by molar-refractivity contribution is -0.128. The highest BCUT2D eigenvalue weighted by Gasteiger charge is 2.34. The number of hydrogen-bond acceptors (Lipinski definition) is 4. The maximum atomic E-state index is 12.8. The van der Waals surface area contributed by atoms with E-state index in [1.807, 2.05) is 0 Å². The molecule has 1 aliphatic rings. The van der Waals surface area contributed by atoms with Crippen molar-refractivity contribution in [1.82, 2.24) is 15.2 Å². The topological polar surface area (TPSA) is 45.2 Å². The second kappa shape index (κ2) is 6.58. The van der Waals surface area contributed by atoms with Crippen LogP contribution in [0.5, 0.6) is 0 Å². The first-order chi connectivity index (χ1) is 9.86. The van der Waals surface area contributed by atoms with E-state index < -0.39 is 11.2 Å². The van der Waals surface area contributed by atoms with E-state index in [0.29, 0.717) is 30.6 Å². The molecule has 0 saturated carbocycles. The first-order valence-electron chi connectivity index (χ1n) is 6.28. The third-order valence-corrected chi connectivity index (χ3v) is 3.37. The average Bonchev–Trinajstić information content (AvgIpc) is 2.42. The molecule has 4 nitrogen and oxygen atoms in total. The Labute approximate surface area is 130 Å². The van der Waals surface area contributed by atoms with Crippen LogP contribution in [0.25, 0.3) is 0 Å². The van der Waals surface area contributed by atoms with Crippen molar-refractivity contribution in [3.05, 3.63) is 40.9 Å². The summed E-state index contributed by atoms with van der Waals surface area (Å²) in [6.45, 7) is 1.69. The van der Waals surface area contributed by atoms with Crippen LogP contribution in [0, 0.1) is 0 Å². The molecular weight excluding hydrogens is 323 g/mol.